The summed E-state index contributed by atoms with van der Waals surface area (Å²) >= 11 is 3.43. The highest BCUT2D eigenvalue weighted by Crippen LogP contribution is 2.26. The Kier molecular flexibility index (Phi) is 3.17. The van der Waals surface area contributed by atoms with Crippen molar-refractivity contribution >= 4 is 21.6 Å². The van der Waals surface area contributed by atoms with E-state index in [0.29, 0.717) is 0 Å². The van der Waals surface area contributed by atoms with E-state index in [1.165, 1.54) is 0 Å². The van der Waals surface area contributed by atoms with Gasteiger partial charge in [0.25, 0.3) is 0 Å². The summed E-state index contributed by atoms with van der Waals surface area (Å²) in [4.78, 5) is 2.17. The van der Waals surface area contributed by atoms with Crippen LogP contribution in [0.4, 0.5) is 5.69 Å². The van der Waals surface area contributed by atoms with Gasteiger partial charge in [-0.05, 0) is 31.7 Å². The Bertz CT molecular complexity index is 427. The normalized spacial score (nSPS) is 25.3. The van der Waals surface area contributed by atoms with E-state index < -0.39 is 5.54 Å². The van der Waals surface area contributed by atoms with Gasteiger partial charge < -0.3 is 10.2 Å². The van der Waals surface area contributed by atoms with Gasteiger partial charge in [0, 0.05) is 23.2 Å². The molecule has 0 radical (unpaired) electrons. The van der Waals surface area contributed by atoms with E-state index in [1.54, 1.807) is 0 Å². The first-order valence-corrected chi connectivity index (χ1v) is 6.06. The van der Waals surface area contributed by atoms with Gasteiger partial charge in [0.2, 0.25) is 0 Å². The van der Waals surface area contributed by atoms with Gasteiger partial charge in [-0.25, -0.2) is 0 Å². The maximum Gasteiger partial charge on any atom is 0.139 e. The molecule has 1 N–H and O–H groups in total. The number of nitrogens with one attached hydrogen (secondary N) is 1. The van der Waals surface area contributed by atoms with Crippen LogP contribution in [0.5, 0.6) is 0 Å². The van der Waals surface area contributed by atoms with Gasteiger partial charge in [0.1, 0.15) is 5.54 Å². The molecule has 1 fully saturated rings. The minimum Gasteiger partial charge on any atom is -0.366 e. The molecule has 0 saturated carbocycles. The van der Waals surface area contributed by atoms with Crippen molar-refractivity contribution in [2.45, 2.75) is 12.0 Å². The lowest BCUT2D eigenvalue weighted by Gasteiger charge is -2.23. The SMILES string of the molecule is CN1CCC(C#N)(Nc2cccc(Br)c2)C1. The molecule has 3 nitrogen and oxygen atoms in total. The maximum absolute atomic E-state index is 9.31. The van der Waals surface area contributed by atoms with Crippen LogP contribution in [-0.4, -0.2) is 30.6 Å². The summed E-state index contributed by atoms with van der Waals surface area (Å²) in [6.45, 7) is 1.74. The number of rotatable bonds is 2. The van der Waals surface area contributed by atoms with Crippen LogP contribution < -0.4 is 5.32 Å². The van der Waals surface area contributed by atoms with Crippen molar-refractivity contribution in [3.8, 4) is 6.07 Å². The Morgan fingerprint density at radius 1 is 1.56 bits per heavy atom. The number of halogens is 1. The van der Waals surface area contributed by atoms with Crippen molar-refractivity contribution in [3.63, 3.8) is 0 Å². The number of nitrogens with zero attached hydrogens (tertiary/aromatic N) is 2. The van der Waals surface area contributed by atoms with E-state index in [-0.39, 0.29) is 0 Å². The molecule has 1 aliphatic rings. The first-order valence-electron chi connectivity index (χ1n) is 5.27. The zero-order valence-corrected chi connectivity index (χ0v) is 10.8. The fraction of sp³-hybridized carbons (Fsp3) is 0.417. The third-order valence-corrected chi connectivity index (χ3v) is 3.38. The van der Waals surface area contributed by atoms with Crippen LogP contribution in [0.1, 0.15) is 6.42 Å². The second-order valence-corrected chi connectivity index (χ2v) is 5.23. The van der Waals surface area contributed by atoms with Crippen molar-refractivity contribution in [2.75, 3.05) is 25.5 Å². The number of benzene rings is 1. The van der Waals surface area contributed by atoms with Crippen molar-refractivity contribution < 1.29 is 0 Å². The lowest BCUT2D eigenvalue weighted by Crippen LogP contribution is -2.39. The van der Waals surface area contributed by atoms with Gasteiger partial charge in [-0.15, -0.1) is 0 Å². The molecule has 1 atom stereocenters. The highest BCUT2D eigenvalue weighted by Gasteiger charge is 2.36. The van der Waals surface area contributed by atoms with E-state index in [9.17, 15) is 5.26 Å². The fourth-order valence-electron chi connectivity index (χ4n) is 2.06. The van der Waals surface area contributed by atoms with Crippen molar-refractivity contribution in [1.82, 2.24) is 4.90 Å². The summed E-state index contributed by atoms with van der Waals surface area (Å²) in [6.07, 6.45) is 0.868. The molecule has 0 aromatic heterocycles. The third-order valence-electron chi connectivity index (χ3n) is 2.88. The third kappa shape index (κ3) is 2.37. The molecule has 16 heavy (non-hydrogen) atoms. The first-order chi connectivity index (χ1) is 7.63. The van der Waals surface area contributed by atoms with Crippen LogP contribution >= 0.6 is 15.9 Å². The van der Waals surface area contributed by atoms with Crippen LogP contribution in [0.15, 0.2) is 28.7 Å². The lowest BCUT2D eigenvalue weighted by atomic mass is 10.0. The van der Waals surface area contributed by atoms with E-state index in [0.717, 1.165) is 29.7 Å². The van der Waals surface area contributed by atoms with Crippen LogP contribution in [0.2, 0.25) is 0 Å². The summed E-state index contributed by atoms with van der Waals surface area (Å²) in [6, 6.07) is 10.3. The molecular formula is C12H14BrN3. The standard InChI is InChI=1S/C12H14BrN3/c1-16-6-5-12(8-14,9-16)15-11-4-2-3-10(13)7-11/h2-4,7,15H,5-6,9H2,1H3. The molecule has 4 heteroatoms. The summed E-state index contributed by atoms with van der Waals surface area (Å²) in [5.41, 5.74) is 0.557. The fourth-order valence-corrected chi connectivity index (χ4v) is 2.46. The van der Waals surface area contributed by atoms with Crippen molar-refractivity contribution in [2.24, 2.45) is 0 Å². The van der Waals surface area contributed by atoms with Gasteiger partial charge in [0.05, 0.1) is 6.07 Å². The quantitative estimate of drug-likeness (QED) is 0.904. The first kappa shape index (κ1) is 11.4. The highest BCUT2D eigenvalue weighted by atomic mass is 79.9. The van der Waals surface area contributed by atoms with Crippen LogP contribution in [-0.2, 0) is 0 Å². The number of likely N-dealkylation sites (N-methyl/N-ethyl adjacent to an activating group) is 1. The van der Waals surface area contributed by atoms with Gasteiger partial charge >= 0.3 is 0 Å². The molecule has 1 aromatic carbocycles. The molecule has 1 saturated heterocycles. The Morgan fingerprint density at radius 2 is 2.38 bits per heavy atom. The Morgan fingerprint density at radius 3 is 2.94 bits per heavy atom. The molecule has 1 aliphatic heterocycles. The Labute approximate surface area is 104 Å². The number of hydrogen-bond donors (Lipinski definition) is 1. The van der Waals surface area contributed by atoms with Crippen LogP contribution in [0, 0.1) is 11.3 Å². The molecule has 0 aliphatic carbocycles. The van der Waals surface area contributed by atoms with Gasteiger partial charge in [-0.2, -0.15) is 5.26 Å². The number of hydrogen-bond acceptors (Lipinski definition) is 3. The summed E-state index contributed by atoms with van der Waals surface area (Å²) < 4.78 is 1.02. The molecular weight excluding hydrogens is 266 g/mol. The smallest absolute Gasteiger partial charge is 0.139 e. The molecule has 84 valence electrons. The summed E-state index contributed by atoms with van der Waals surface area (Å²) in [7, 11) is 2.04. The second-order valence-electron chi connectivity index (χ2n) is 4.32. The predicted molar refractivity (Wildman–Crippen MR) is 68.2 cm³/mol. The molecule has 0 amide bonds. The average Bonchev–Trinajstić information content (AvgIpc) is 2.61. The number of nitriles is 1. The van der Waals surface area contributed by atoms with E-state index >= 15 is 0 Å². The number of likely N-dealkylation sites (tertiary alicyclic amines) is 1. The zero-order chi connectivity index (χ0) is 11.6. The maximum atomic E-state index is 9.31. The van der Waals surface area contributed by atoms with E-state index in [1.807, 2.05) is 31.3 Å². The predicted octanol–water partition coefficient (Wildman–Crippen LogP) is 2.46. The van der Waals surface area contributed by atoms with Crippen LogP contribution in [0.3, 0.4) is 0 Å². The van der Waals surface area contributed by atoms with Crippen LogP contribution in [0.25, 0.3) is 0 Å². The van der Waals surface area contributed by atoms with E-state index in [2.05, 4.69) is 32.2 Å². The highest BCUT2D eigenvalue weighted by molar-refractivity contribution is 9.10. The topological polar surface area (TPSA) is 39.1 Å². The average molecular weight is 280 g/mol. The molecule has 1 aromatic rings. The Balaban J connectivity index is 2.17. The minimum absolute atomic E-state index is 0.435. The minimum atomic E-state index is -0.435. The Hall–Kier alpha value is -1.05. The number of anilines is 1. The monoisotopic (exact) mass is 279 g/mol. The summed E-state index contributed by atoms with van der Waals surface area (Å²) in [5, 5.41) is 12.7. The molecule has 0 bridgehead atoms. The molecule has 0 spiro atoms. The van der Waals surface area contributed by atoms with E-state index in [4.69, 9.17) is 0 Å². The van der Waals surface area contributed by atoms with Gasteiger partial charge in [-0.1, -0.05) is 22.0 Å². The zero-order valence-electron chi connectivity index (χ0n) is 9.20. The lowest BCUT2D eigenvalue weighted by molar-refractivity contribution is 0.403. The summed E-state index contributed by atoms with van der Waals surface area (Å²) in [5.74, 6) is 0. The van der Waals surface area contributed by atoms with Crippen molar-refractivity contribution in [1.29, 1.82) is 5.26 Å². The second kappa shape index (κ2) is 4.44. The van der Waals surface area contributed by atoms with Gasteiger partial charge in [0.15, 0.2) is 0 Å². The van der Waals surface area contributed by atoms with Gasteiger partial charge in [-0.3, -0.25) is 0 Å². The van der Waals surface area contributed by atoms with Crippen molar-refractivity contribution in [3.05, 3.63) is 28.7 Å². The molecule has 2 rings (SSSR count). The largest absolute Gasteiger partial charge is 0.366 e. The molecule has 1 heterocycles. The molecule has 1 unspecified atom stereocenters.